The monoisotopic (exact) mass is 140 g/mol. The van der Waals surface area contributed by atoms with E-state index in [0.717, 1.165) is 0 Å². The van der Waals surface area contributed by atoms with Crippen LogP contribution in [0.4, 0.5) is 0 Å². The van der Waals surface area contributed by atoms with Gasteiger partial charge in [0.25, 0.3) is 0 Å². The molecule has 54 valence electrons. The fraction of sp³-hybridized carbons (Fsp3) is 0.333. The van der Waals surface area contributed by atoms with Crippen molar-refractivity contribution >= 4 is 12.2 Å². The number of aliphatic carboxylic acids is 1. The van der Waals surface area contributed by atoms with Crippen LogP contribution in [-0.4, -0.2) is 23.5 Å². The van der Waals surface area contributed by atoms with Crippen LogP contribution in [0.25, 0.3) is 0 Å². The Morgan fingerprint density at radius 2 is 2.60 bits per heavy atom. The Balaban J connectivity index is 2.67. The molecule has 0 radical (unpaired) electrons. The Kier molecular flexibility index (Phi) is 1.71. The summed E-state index contributed by atoms with van der Waals surface area (Å²) in [5.41, 5.74) is 0.193. The molecule has 1 atom stereocenters. The maximum atomic E-state index is 10.3. The van der Waals surface area contributed by atoms with Crippen molar-refractivity contribution in [3.63, 3.8) is 0 Å². The van der Waals surface area contributed by atoms with Gasteiger partial charge in [-0.3, -0.25) is 4.99 Å². The summed E-state index contributed by atoms with van der Waals surface area (Å²) in [7, 11) is 0. The molecule has 4 heteroatoms. The molecule has 0 saturated carbocycles. The number of nitrogens with one attached hydrogen (secondary N) is 1. The molecule has 0 fully saturated rings. The summed E-state index contributed by atoms with van der Waals surface area (Å²) in [6, 6.07) is 0. The lowest BCUT2D eigenvalue weighted by Gasteiger charge is -2.10. The number of carbonyl (C=O) groups is 1. The largest absolute Gasteiger partial charge is 0.478 e. The number of rotatable bonds is 1. The number of aliphatic imine (C=N–C) groups is 1. The molecule has 1 aliphatic rings. The molecule has 4 nitrogen and oxygen atoms in total. The predicted octanol–water partition coefficient (Wildman–Crippen LogP) is -0.0251. The minimum Gasteiger partial charge on any atom is -0.478 e. The van der Waals surface area contributed by atoms with Gasteiger partial charge in [-0.2, -0.15) is 0 Å². The molecular formula is C6H8N2O2. The van der Waals surface area contributed by atoms with Gasteiger partial charge in [-0.05, 0) is 6.92 Å². The van der Waals surface area contributed by atoms with Crippen LogP contribution in [0.2, 0.25) is 0 Å². The average Bonchev–Trinajstić information content (AvgIpc) is 1.88. The van der Waals surface area contributed by atoms with Gasteiger partial charge in [0.15, 0.2) is 0 Å². The van der Waals surface area contributed by atoms with E-state index >= 15 is 0 Å². The van der Waals surface area contributed by atoms with Crippen LogP contribution in [0.15, 0.2) is 16.8 Å². The van der Waals surface area contributed by atoms with Gasteiger partial charge in [-0.15, -0.1) is 0 Å². The maximum Gasteiger partial charge on any atom is 0.338 e. The molecule has 1 rings (SSSR count). The van der Waals surface area contributed by atoms with Gasteiger partial charge in [0.1, 0.15) is 6.17 Å². The highest BCUT2D eigenvalue weighted by atomic mass is 16.4. The van der Waals surface area contributed by atoms with Gasteiger partial charge >= 0.3 is 5.97 Å². The summed E-state index contributed by atoms with van der Waals surface area (Å²) in [6.45, 7) is 1.84. The van der Waals surface area contributed by atoms with E-state index in [4.69, 9.17) is 5.11 Å². The normalized spacial score (nSPS) is 23.3. The smallest absolute Gasteiger partial charge is 0.338 e. The Labute approximate surface area is 58.3 Å². The molecule has 10 heavy (non-hydrogen) atoms. The zero-order valence-corrected chi connectivity index (χ0v) is 5.53. The topological polar surface area (TPSA) is 61.7 Å². The van der Waals surface area contributed by atoms with Crippen LogP contribution in [0.3, 0.4) is 0 Å². The van der Waals surface area contributed by atoms with Crippen molar-refractivity contribution in [2.24, 2.45) is 4.99 Å². The summed E-state index contributed by atoms with van der Waals surface area (Å²) in [5.74, 6) is -0.955. The quantitative estimate of drug-likeness (QED) is 0.537. The van der Waals surface area contributed by atoms with Gasteiger partial charge < -0.3 is 10.4 Å². The van der Waals surface area contributed by atoms with E-state index in [1.54, 1.807) is 0 Å². The van der Waals surface area contributed by atoms with Gasteiger partial charge in [0, 0.05) is 12.4 Å². The first-order chi connectivity index (χ1) is 4.70. The molecule has 1 heterocycles. The Morgan fingerprint density at radius 3 is 3.00 bits per heavy atom. The van der Waals surface area contributed by atoms with Crippen LogP contribution in [0.5, 0.6) is 0 Å². The van der Waals surface area contributed by atoms with Crippen LogP contribution >= 0.6 is 0 Å². The summed E-state index contributed by atoms with van der Waals surface area (Å²) >= 11 is 0. The van der Waals surface area contributed by atoms with E-state index in [0.29, 0.717) is 0 Å². The second kappa shape index (κ2) is 2.51. The first kappa shape index (κ1) is 6.80. The SMILES string of the molecule is CC1N=CC(C(=O)O)=CN1. The minimum atomic E-state index is -0.955. The number of hydrogen-bond acceptors (Lipinski definition) is 3. The standard InChI is InChI=1S/C6H8N2O2/c1-4-7-2-5(3-8-4)6(9)10/h2-4,7H,1H3,(H,9,10). The first-order valence-electron chi connectivity index (χ1n) is 2.93. The average molecular weight is 140 g/mol. The van der Waals surface area contributed by atoms with E-state index in [9.17, 15) is 4.79 Å². The van der Waals surface area contributed by atoms with Crippen molar-refractivity contribution < 1.29 is 9.90 Å². The maximum absolute atomic E-state index is 10.3. The second-order valence-electron chi connectivity index (χ2n) is 2.03. The van der Waals surface area contributed by atoms with Crippen LogP contribution in [-0.2, 0) is 4.79 Å². The summed E-state index contributed by atoms with van der Waals surface area (Å²) in [6.07, 6.45) is 2.78. The van der Waals surface area contributed by atoms with Gasteiger partial charge in [0.2, 0.25) is 0 Å². The molecule has 0 aliphatic carbocycles. The highest BCUT2D eigenvalue weighted by molar-refractivity contribution is 6.08. The predicted molar refractivity (Wildman–Crippen MR) is 36.8 cm³/mol. The lowest BCUT2D eigenvalue weighted by Crippen LogP contribution is -2.24. The molecule has 0 aromatic heterocycles. The Morgan fingerprint density at radius 1 is 1.90 bits per heavy atom. The molecule has 1 unspecified atom stereocenters. The summed E-state index contributed by atoms with van der Waals surface area (Å²) in [4.78, 5) is 14.1. The third kappa shape index (κ3) is 1.34. The molecule has 0 aromatic rings. The van der Waals surface area contributed by atoms with Crippen molar-refractivity contribution in [1.82, 2.24) is 5.32 Å². The number of carboxylic acids is 1. The van der Waals surface area contributed by atoms with Gasteiger partial charge in [-0.25, -0.2) is 4.79 Å². The van der Waals surface area contributed by atoms with E-state index < -0.39 is 5.97 Å². The molecule has 1 aliphatic heterocycles. The van der Waals surface area contributed by atoms with Gasteiger partial charge in [0.05, 0.1) is 5.57 Å². The highest BCUT2D eigenvalue weighted by Crippen LogP contribution is 1.97. The summed E-state index contributed by atoms with van der Waals surface area (Å²) < 4.78 is 0. The number of nitrogens with zero attached hydrogens (tertiary/aromatic N) is 1. The van der Waals surface area contributed by atoms with Crippen LogP contribution < -0.4 is 5.32 Å². The zero-order chi connectivity index (χ0) is 7.56. The number of carboxylic acid groups (broad SMARTS) is 1. The molecular weight excluding hydrogens is 132 g/mol. The van der Waals surface area contributed by atoms with Crippen LogP contribution in [0.1, 0.15) is 6.92 Å². The van der Waals surface area contributed by atoms with E-state index in [2.05, 4.69) is 10.3 Å². The zero-order valence-electron chi connectivity index (χ0n) is 5.53. The third-order valence-electron chi connectivity index (χ3n) is 1.16. The molecule has 0 aromatic carbocycles. The van der Waals surface area contributed by atoms with Crippen molar-refractivity contribution in [2.45, 2.75) is 13.1 Å². The van der Waals surface area contributed by atoms with Crippen molar-refractivity contribution in [3.05, 3.63) is 11.8 Å². The van der Waals surface area contributed by atoms with E-state index in [1.807, 2.05) is 6.92 Å². The molecule has 0 saturated heterocycles. The Bertz CT molecular complexity index is 208. The molecule has 0 bridgehead atoms. The lowest BCUT2D eigenvalue weighted by atomic mass is 10.3. The summed E-state index contributed by atoms with van der Waals surface area (Å²) in [5, 5.41) is 11.2. The van der Waals surface area contributed by atoms with Crippen LogP contribution in [0, 0.1) is 0 Å². The van der Waals surface area contributed by atoms with E-state index in [1.165, 1.54) is 12.4 Å². The Hall–Kier alpha value is -1.32. The van der Waals surface area contributed by atoms with Gasteiger partial charge in [-0.1, -0.05) is 0 Å². The minimum absolute atomic E-state index is 0.0110. The number of hydrogen-bond donors (Lipinski definition) is 2. The van der Waals surface area contributed by atoms with Crippen molar-refractivity contribution in [1.29, 1.82) is 0 Å². The first-order valence-corrected chi connectivity index (χ1v) is 2.93. The lowest BCUT2D eigenvalue weighted by molar-refractivity contribution is -0.132. The fourth-order valence-electron chi connectivity index (χ4n) is 0.600. The van der Waals surface area contributed by atoms with Crippen molar-refractivity contribution in [3.8, 4) is 0 Å². The fourth-order valence-corrected chi connectivity index (χ4v) is 0.600. The molecule has 0 amide bonds. The second-order valence-corrected chi connectivity index (χ2v) is 2.03. The third-order valence-corrected chi connectivity index (χ3v) is 1.16. The highest BCUT2D eigenvalue weighted by Gasteiger charge is 2.08. The van der Waals surface area contributed by atoms with Crippen molar-refractivity contribution in [2.75, 3.05) is 0 Å². The molecule has 0 spiro atoms. The van der Waals surface area contributed by atoms with E-state index in [-0.39, 0.29) is 11.7 Å². The molecule has 2 N–H and O–H groups in total.